The van der Waals surface area contributed by atoms with Gasteiger partial charge in [-0.2, -0.15) is 0 Å². The number of fused-ring (bicyclic) bond motifs is 2. The van der Waals surface area contributed by atoms with Gasteiger partial charge in [0.2, 0.25) is 0 Å². The second kappa shape index (κ2) is 6.75. The van der Waals surface area contributed by atoms with Gasteiger partial charge in [-0.25, -0.2) is 0 Å². The van der Waals surface area contributed by atoms with Crippen LogP contribution in [-0.4, -0.2) is 0 Å². The highest BCUT2D eigenvalue weighted by Crippen LogP contribution is 2.61. The standard InChI is InChI=1S/C29H24O2/c1-29(2,27-21-11-5-3-9-19(21)17-23(27)25-13-7-15-30-25)28-22-12-6-4-10-20(22)18-24(28)26-14-8-16-31-26/h3-18,27-28H,1-2H3. The van der Waals surface area contributed by atoms with Crippen molar-refractivity contribution in [3.63, 3.8) is 0 Å². The lowest BCUT2D eigenvalue weighted by molar-refractivity contribution is 0.299. The zero-order valence-electron chi connectivity index (χ0n) is 17.7. The quantitative estimate of drug-likeness (QED) is 0.346. The molecular weight excluding hydrogens is 380 g/mol. The van der Waals surface area contributed by atoms with Gasteiger partial charge in [-0.3, -0.25) is 0 Å². The van der Waals surface area contributed by atoms with Crippen LogP contribution in [0.5, 0.6) is 0 Å². The Morgan fingerprint density at radius 3 is 1.45 bits per heavy atom. The minimum atomic E-state index is -0.129. The molecular formula is C29H24O2. The Kier molecular flexibility index (Phi) is 3.97. The Morgan fingerprint density at radius 1 is 0.581 bits per heavy atom. The van der Waals surface area contributed by atoms with E-state index in [1.165, 1.54) is 33.4 Å². The van der Waals surface area contributed by atoms with Crippen LogP contribution in [0.4, 0.5) is 0 Å². The van der Waals surface area contributed by atoms with E-state index in [9.17, 15) is 0 Å². The Bertz CT molecular complexity index is 1200. The predicted octanol–water partition coefficient (Wildman–Crippen LogP) is 7.87. The second-order valence-electron chi connectivity index (χ2n) is 9.10. The topological polar surface area (TPSA) is 26.3 Å². The first kappa shape index (κ1) is 18.3. The summed E-state index contributed by atoms with van der Waals surface area (Å²) in [5.41, 5.74) is 7.66. The maximum Gasteiger partial charge on any atom is 0.130 e. The Hall–Kier alpha value is -3.52. The summed E-state index contributed by atoms with van der Waals surface area (Å²) < 4.78 is 11.8. The highest BCUT2D eigenvalue weighted by Gasteiger charge is 2.48. The molecule has 2 nitrogen and oxygen atoms in total. The highest BCUT2D eigenvalue weighted by atomic mass is 16.3. The number of rotatable bonds is 4. The zero-order chi connectivity index (χ0) is 21.0. The van der Waals surface area contributed by atoms with E-state index in [0.717, 1.165) is 11.5 Å². The lowest BCUT2D eigenvalue weighted by Gasteiger charge is -2.41. The van der Waals surface area contributed by atoms with Crippen LogP contribution in [0.2, 0.25) is 0 Å². The summed E-state index contributed by atoms with van der Waals surface area (Å²) in [5, 5.41) is 0. The molecule has 2 aliphatic carbocycles. The van der Waals surface area contributed by atoms with Crippen molar-refractivity contribution in [2.45, 2.75) is 25.7 Å². The first-order valence-electron chi connectivity index (χ1n) is 10.8. The van der Waals surface area contributed by atoms with Crippen LogP contribution in [0.3, 0.4) is 0 Å². The summed E-state index contributed by atoms with van der Waals surface area (Å²) in [6.07, 6.45) is 8.14. The van der Waals surface area contributed by atoms with Crippen molar-refractivity contribution in [2.75, 3.05) is 0 Å². The third-order valence-electron chi connectivity index (χ3n) is 6.96. The molecule has 31 heavy (non-hydrogen) atoms. The molecule has 2 atom stereocenters. The van der Waals surface area contributed by atoms with Crippen LogP contribution >= 0.6 is 0 Å². The minimum absolute atomic E-state index is 0.129. The molecule has 2 aliphatic rings. The van der Waals surface area contributed by atoms with Crippen molar-refractivity contribution >= 4 is 23.3 Å². The molecule has 2 heterocycles. The van der Waals surface area contributed by atoms with E-state index in [1.54, 1.807) is 12.5 Å². The van der Waals surface area contributed by atoms with Crippen molar-refractivity contribution in [3.05, 3.63) is 119 Å². The maximum absolute atomic E-state index is 5.90. The van der Waals surface area contributed by atoms with Crippen LogP contribution in [0.1, 0.15) is 59.5 Å². The minimum Gasteiger partial charge on any atom is -0.465 e. The first-order valence-corrected chi connectivity index (χ1v) is 10.8. The summed E-state index contributed by atoms with van der Waals surface area (Å²) in [4.78, 5) is 0. The molecule has 4 aromatic rings. The molecule has 2 heteroatoms. The first-order chi connectivity index (χ1) is 15.1. The van der Waals surface area contributed by atoms with Gasteiger partial charge in [-0.05, 0) is 64.1 Å². The lowest BCUT2D eigenvalue weighted by atomic mass is 9.62. The summed E-state index contributed by atoms with van der Waals surface area (Å²) in [7, 11) is 0. The summed E-state index contributed by atoms with van der Waals surface area (Å²) >= 11 is 0. The van der Waals surface area contributed by atoms with Crippen molar-refractivity contribution in [2.24, 2.45) is 5.41 Å². The molecule has 0 saturated carbocycles. The number of hydrogen-bond acceptors (Lipinski definition) is 2. The smallest absolute Gasteiger partial charge is 0.130 e. The van der Waals surface area contributed by atoms with Crippen LogP contribution in [0.25, 0.3) is 23.3 Å². The molecule has 2 aromatic carbocycles. The van der Waals surface area contributed by atoms with E-state index in [4.69, 9.17) is 8.83 Å². The Morgan fingerprint density at radius 2 is 1.03 bits per heavy atom. The average molecular weight is 405 g/mol. The van der Waals surface area contributed by atoms with E-state index < -0.39 is 0 Å². The molecule has 2 aromatic heterocycles. The third-order valence-corrected chi connectivity index (χ3v) is 6.96. The molecule has 0 aliphatic heterocycles. The highest BCUT2D eigenvalue weighted by molar-refractivity contribution is 5.94. The summed E-state index contributed by atoms with van der Waals surface area (Å²) in [6, 6.07) is 25.6. The van der Waals surface area contributed by atoms with Crippen molar-refractivity contribution in [1.82, 2.24) is 0 Å². The molecule has 0 fully saturated rings. The van der Waals surface area contributed by atoms with Gasteiger partial charge in [0.15, 0.2) is 0 Å². The van der Waals surface area contributed by atoms with Crippen molar-refractivity contribution in [1.29, 1.82) is 0 Å². The van der Waals surface area contributed by atoms with Gasteiger partial charge < -0.3 is 8.83 Å². The zero-order valence-corrected chi connectivity index (χ0v) is 17.7. The van der Waals surface area contributed by atoms with E-state index >= 15 is 0 Å². The van der Waals surface area contributed by atoms with Gasteiger partial charge in [-0.1, -0.05) is 62.4 Å². The van der Waals surface area contributed by atoms with E-state index in [-0.39, 0.29) is 17.3 Å². The molecule has 0 N–H and O–H groups in total. The largest absolute Gasteiger partial charge is 0.465 e. The average Bonchev–Trinajstić information content (AvgIpc) is 3.57. The number of furan rings is 2. The fourth-order valence-electron chi connectivity index (χ4n) is 5.73. The summed E-state index contributed by atoms with van der Waals surface area (Å²) in [5.74, 6) is 2.29. The van der Waals surface area contributed by atoms with Crippen LogP contribution in [0, 0.1) is 5.41 Å². The predicted molar refractivity (Wildman–Crippen MR) is 125 cm³/mol. The molecule has 0 bridgehead atoms. The SMILES string of the molecule is CC(C)(C1C(c2ccco2)=Cc2ccccc21)C1C(c2ccco2)=Cc2ccccc21. The van der Waals surface area contributed by atoms with Crippen LogP contribution < -0.4 is 0 Å². The van der Waals surface area contributed by atoms with Gasteiger partial charge in [0.1, 0.15) is 11.5 Å². The molecule has 6 rings (SSSR count). The monoisotopic (exact) mass is 404 g/mol. The number of allylic oxidation sites excluding steroid dienone is 2. The van der Waals surface area contributed by atoms with Gasteiger partial charge in [0, 0.05) is 23.0 Å². The number of hydrogen-bond donors (Lipinski definition) is 0. The Labute approximate surface area is 182 Å². The molecule has 0 amide bonds. The molecule has 0 saturated heterocycles. The van der Waals surface area contributed by atoms with Crippen LogP contribution in [-0.2, 0) is 0 Å². The molecule has 152 valence electrons. The van der Waals surface area contributed by atoms with Gasteiger partial charge >= 0.3 is 0 Å². The van der Waals surface area contributed by atoms with Crippen LogP contribution in [0.15, 0.2) is 94.2 Å². The van der Waals surface area contributed by atoms with E-state index in [2.05, 4.69) is 86.7 Å². The van der Waals surface area contributed by atoms with E-state index in [0.29, 0.717) is 0 Å². The van der Waals surface area contributed by atoms with Gasteiger partial charge in [0.05, 0.1) is 12.5 Å². The Balaban J connectivity index is 1.55. The maximum atomic E-state index is 5.90. The normalized spacial score (nSPS) is 19.7. The summed E-state index contributed by atoms with van der Waals surface area (Å²) in [6.45, 7) is 4.78. The van der Waals surface area contributed by atoms with Gasteiger partial charge in [0.25, 0.3) is 0 Å². The fourth-order valence-corrected chi connectivity index (χ4v) is 5.73. The lowest BCUT2D eigenvalue weighted by Crippen LogP contribution is -2.30. The fraction of sp³-hybridized carbons (Fsp3) is 0.172. The molecule has 2 unspecified atom stereocenters. The van der Waals surface area contributed by atoms with Crippen molar-refractivity contribution in [3.8, 4) is 0 Å². The molecule has 0 spiro atoms. The van der Waals surface area contributed by atoms with Gasteiger partial charge in [-0.15, -0.1) is 0 Å². The van der Waals surface area contributed by atoms with Crippen molar-refractivity contribution < 1.29 is 8.83 Å². The van der Waals surface area contributed by atoms with E-state index in [1.807, 2.05) is 12.1 Å². The second-order valence-corrected chi connectivity index (χ2v) is 9.10. The number of benzene rings is 2. The third kappa shape index (κ3) is 2.71. The molecule has 0 radical (unpaired) electrons.